The topological polar surface area (TPSA) is 130 Å². The van der Waals surface area contributed by atoms with Crippen LogP contribution in [-0.2, 0) is 9.59 Å². The van der Waals surface area contributed by atoms with Gasteiger partial charge in [-0.05, 0) is 42.8 Å². The summed E-state index contributed by atoms with van der Waals surface area (Å²) in [5, 5.41) is 15.5. The second-order valence-corrected chi connectivity index (χ2v) is 5.62. The lowest BCUT2D eigenvalue weighted by Gasteiger charge is -2.16. The van der Waals surface area contributed by atoms with Crippen molar-refractivity contribution in [3.05, 3.63) is 53.6 Å². The fourth-order valence-corrected chi connectivity index (χ4v) is 2.25. The quantitative estimate of drug-likeness (QED) is 0.685. The van der Waals surface area contributed by atoms with Gasteiger partial charge in [0.2, 0.25) is 6.79 Å². The van der Waals surface area contributed by atoms with Crippen LogP contribution in [0.5, 0.6) is 11.5 Å². The summed E-state index contributed by atoms with van der Waals surface area (Å²) < 4.78 is 15.5. The predicted octanol–water partition coefficient (Wildman–Crippen LogP) is 0.0338. The zero-order valence-corrected chi connectivity index (χ0v) is 14.2. The standard InChI is InChI=1S/C18H16N2O7/c1-10(18(23)24)19-16(21)12(20-17(22)14-3-2-6-25-14)7-11-4-5-13-15(8-11)27-9-26-13/h2-8,10H,9H2,1H3,(H,19,21)(H,20,22)(H,23,24)/p-1/b12-7-/t10-/m0/s1. The van der Waals surface area contributed by atoms with Crippen molar-refractivity contribution in [1.29, 1.82) is 0 Å². The molecule has 1 aromatic heterocycles. The molecule has 0 unspecified atom stereocenters. The largest absolute Gasteiger partial charge is 0.548 e. The van der Waals surface area contributed by atoms with Crippen molar-refractivity contribution in [3.8, 4) is 11.5 Å². The van der Waals surface area contributed by atoms with Crippen LogP contribution in [0.2, 0.25) is 0 Å². The summed E-state index contributed by atoms with van der Waals surface area (Å²) in [6, 6.07) is 6.63. The normalized spacial score (nSPS) is 13.7. The molecule has 0 saturated carbocycles. The van der Waals surface area contributed by atoms with Crippen molar-refractivity contribution >= 4 is 23.9 Å². The first kappa shape index (κ1) is 18.1. The monoisotopic (exact) mass is 371 g/mol. The van der Waals surface area contributed by atoms with E-state index in [0.29, 0.717) is 17.1 Å². The molecule has 140 valence electrons. The van der Waals surface area contributed by atoms with E-state index in [4.69, 9.17) is 13.9 Å². The third-order valence-electron chi connectivity index (χ3n) is 3.65. The molecule has 0 saturated heterocycles. The van der Waals surface area contributed by atoms with Gasteiger partial charge < -0.3 is 34.4 Å². The van der Waals surface area contributed by atoms with Crippen LogP contribution in [0.15, 0.2) is 46.7 Å². The molecule has 1 atom stereocenters. The van der Waals surface area contributed by atoms with E-state index < -0.39 is 23.8 Å². The number of fused-ring (bicyclic) bond motifs is 1. The van der Waals surface area contributed by atoms with Crippen molar-refractivity contribution in [2.24, 2.45) is 0 Å². The smallest absolute Gasteiger partial charge is 0.291 e. The van der Waals surface area contributed by atoms with E-state index in [-0.39, 0.29) is 18.3 Å². The number of carboxylic acids is 1. The van der Waals surface area contributed by atoms with Crippen LogP contribution in [0.25, 0.3) is 6.08 Å². The van der Waals surface area contributed by atoms with Gasteiger partial charge in [-0.2, -0.15) is 0 Å². The van der Waals surface area contributed by atoms with E-state index >= 15 is 0 Å². The lowest BCUT2D eigenvalue weighted by Crippen LogP contribution is -2.48. The van der Waals surface area contributed by atoms with E-state index in [1.54, 1.807) is 18.2 Å². The first-order chi connectivity index (χ1) is 12.9. The van der Waals surface area contributed by atoms with Gasteiger partial charge in [-0.1, -0.05) is 6.07 Å². The molecule has 9 heteroatoms. The Morgan fingerprint density at radius 1 is 1.19 bits per heavy atom. The molecule has 2 amide bonds. The van der Waals surface area contributed by atoms with Crippen LogP contribution >= 0.6 is 0 Å². The number of hydrogen-bond donors (Lipinski definition) is 2. The molecule has 1 aliphatic heterocycles. The number of carbonyl (C=O) groups excluding carboxylic acids is 3. The lowest BCUT2D eigenvalue weighted by atomic mass is 10.1. The van der Waals surface area contributed by atoms with Gasteiger partial charge in [0, 0.05) is 0 Å². The molecule has 2 heterocycles. The molecule has 0 fully saturated rings. The molecule has 1 aliphatic rings. The van der Waals surface area contributed by atoms with E-state index in [1.165, 1.54) is 31.4 Å². The lowest BCUT2D eigenvalue weighted by molar-refractivity contribution is -0.307. The van der Waals surface area contributed by atoms with Gasteiger partial charge in [-0.25, -0.2) is 0 Å². The Morgan fingerprint density at radius 3 is 2.67 bits per heavy atom. The molecule has 2 N–H and O–H groups in total. The number of rotatable bonds is 6. The Balaban J connectivity index is 1.87. The van der Waals surface area contributed by atoms with Crippen LogP contribution in [0.3, 0.4) is 0 Å². The van der Waals surface area contributed by atoms with Crippen molar-refractivity contribution in [1.82, 2.24) is 10.6 Å². The fourth-order valence-electron chi connectivity index (χ4n) is 2.25. The maximum Gasteiger partial charge on any atom is 0.291 e. The second-order valence-electron chi connectivity index (χ2n) is 5.62. The minimum atomic E-state index is -1.46. The minimum absolute atomic E-state index is 0.00710. The Labute approximate surface area is 153 Å². The molecule has 0 aliphatic carbocycles. The Morgan fingerprint density at radius 2 is 1.96 bits per heavy atom. The Hall–Kier alpha value is -3.75. The van der Waals surface area contributed by atoms with Gasteiger partial charge in [-0.15, -0.1) is 0 Å². The van der Waals surface area contributed by atoms with Gasteiger partial charge in [-0.3, -0.25) is 9.59 Å². The highest BCUT2D eigenvalue weighted by Gasteiger charge is 2.19. The molecular formula is C18H15N2O7-. The SMILES string of the molecule is C[C@H](NC(=O)/C(=C/c1ccc2c(c1)OCO2)NC(=O)c1ccco1)C(=O)[O-]. The average molecular weight is 371 g/mol. The third kappa shape index (κ3) is 4.27. The molecular weight excluding hydrogens is 356 g/mol. The molecule has 0 spiro atoms. The second kappa shape index (κ2) is 7.65. The average Bonchev–Trinajstić information content (AvgIpc) is 3.32. The number of benzene rings is 1. The predicted molar refractivity (Wildman–Crippen MR) is 89.3 cm³/mol. The number of nitrogens with one attached hydrogen (secondary N) is 2. The summed E-state index contributed by atoms with van der Waals surface area (Å²) in [7, 11) is 0. The first-order valence-corrected chi connectivity index (χ1v) is 7.92. The van der Waals surface area contributed by atoms with E-state index in [9.17, 15) is 19.5 Å². The molecule has 27 heavy (non-hydrogen) atoms. The molecule has 3 rings (SSSR count). The Kier molecular flexibility index (Phi) is 5.11. The first-order valence-electron chi connectivity index (χ1n) is 7.92. The molecule has 1 aromatic carbocycles. The van der Waals surface area contributed by atoms with Crippen LogP contribution in [0.4, 0.5) is 0 Å². The van der Waals surface area contributed by atoms with Crippen LogP contribution in [0.1, 0.15) is 23.0 Å². The highest BCUT2D eigenvalue weighted by Crippen LogP contribution is 2.33. The van der Waals surface area contributed by atoms with Crippen molar-refractivity contribution in [2.45, 2.75) is 13.0 Å². The molecule has 2 aromatic rings. The Bertz CT molecular complexity index is 902. The summed E-state index contributed by atoms with van der Waals surface area (Å²) in [6.07, 6.45) is 2.69. The molecule has 0 radical (unpaired) electrons. The third-order valence-corrected chi connectivity index (χ3v) is 3.65. The van der Waals surface area contributed by atoms with E-state index in [2.05, 4.69) is 10.6 Å². The maximum absolute atomic E-state index is 12.4. The van der Waals surface area contributed by atoms with Gasteiger partial charge in [0.25, 0.3) is 11.8 Å². The van der Waals surface area contributed by atoms with Crippen molar-refractivity contribution in [3.63, 3.8) is 0 Å². The number of hydrogen-bond acceptors (Lipinski definition) is 7. The van der Waals surface area contributed by atoms with E-state index in [1.807, 2.05) is 0 Å². The highest BCUT2D eigenvalue weighted by molar-refractivity contribution is 6.05. The summed E-state index contributed by atoms with van der Waals surface area (Å²) in [4.78, 5) is 35.5. The maximum atomic E-state index is 12.4. The molecule has 9 nitrogen and oxygen atoms in total. The number of carboxylic acid groups (broad SMARTS) is 1. The zero-order chi connectivity index (χ0) is 19.4. The fraction of sp³-hybridized carbons (Fsp3) is 0.167. The van der Waals surface area contributed by atoms with Gasteiger partial charge in [0.1, 0.15) is 5.70 Å². The number of ether oxygens (including phenoxy) is 2. The highest BCUT2D eigenvalue weighted by atomic mass is 16.7. The van der Waals surface area contributed by atoms with Crippen LogP contribution in [0, 0.1) is 0 Å². The van der Waals surface area contributed by atoms with Gasteiger partial charge in [0.05, 0.1) is 18.3 Å². The zero-order valence-electron chi connectivity index (χ0n) is 14.2. The number of furan rings is 1. The summed E-state index contributed by atoms with van der Waals surface area (Å²) >= 11 is 0. The molecule has 0 bridgehead atoms. The van der Waals surface area contributed by atoms with Gasteiger partial charge in [0.15, 0.2) is 17.3 Å². The van der Waals surface area contributed by atoms with Gasteiger partial charge >= 0.3 is 0 Å². The van der Waals surface area contributed by atoms with Crippen molar-refractivity contribution < 1.29 is 33.4 Å². The van der Waals surface area contributed by atoms with Crippen LogP contribution < -0.4 is 25.2 Å². The number of carbonyl (C=O) groups is 3. The number of amides is 2. The minimum Gasteiger partial charge on any atom is -0.548 e. The van der Waals surface area contributed by atoms with E-state index in [0.717, 1.165) is 0 Å². The summed E-state index contributed by atoms with van der Waals surface area (Å²) in [6.45, 7) is 1.34. The van der Waals surface area contributed by atoms with Crippen LogP contribution in [-0.4, -0.2) is 30.6 Å². The summed E-state index contributed by atoms with van der Waals surface area (Å²) in [5.41, 5.74) is 0.355. The van der Waals surface area contributed by atoms with Crippen molar-refractivity contribution in [2.75, 3.05) is 6.79 Å². The number of aliphatic carboxylic acids is 1. The summed E-state index contributed by atoms with van der Waals surface area (Å²) in [5.74, 6) is -1.88.